The van der Waals surface area contributed by atoms with E-state index in [0.717, 1.165) is 6.42 Å². The van der Waals surface area contributed by atoms with Gasteiger partial charge in [-0.15, -0.1) is 0 Å². The molecule has 0 aliphatic carbocycles. The number of benzene rings is 1. The summed E-state index contributed by atoms with van der Waals surface area (Å²) in [4.78, 5) is 16.5. The van der Waals surface area contributed by atoms with E-state index in [1.165, 1.54) is 0 Å². The van der Waals surface area contributed by atoms with Gasteiger partial charge in [0.1, 0.15) is 5.69 Å². The maximum Gasteiger partial charge on any atom is 0.211 e. The molecule has 19 heavy (non-hydrogen) atoms. The second-order valence-corrected chi connectivity index (χ2v) is 4.47. The van der Waals surface area contributed by atoms with Crippen LogP contribution in [0, 0.1) is 11.3 Å². The van der Waals surface area contributed by atoms with Gasteiger partial charge in [-0.25, -0.2) is 4.98 Å². The first kappa shape index (κ1) is 13.0. The van der Waals surface area contributed by atoms with Crippen LogP contribution in [0.4, 0.5) is 0 Å². The fraction of sp³-hybridized carbons (Fsp3) is 0.267. The van der Waals surface area contributed by atoms with E-state index in [4.69, 9.17) is 5.26 Å². The fourth-order valence-corrected chi connectivity index (χ4v) is 1.91. The van der Waals surface area contributed by atoms with Crippen molar-refractivity contribution in [2.24, 2.45) is 0 Å². The highest BCUT2D eigenvalue weighted by Gasteiger charge is 2.16. The smallest absolute Gasteiger partial charge is 0.211 e. The summed E-state index contributed by atoms with van der Waals surface area (Å²) in [5, 5.41) is 8.88. The van der Waals surface area contributed by atoms with Crippen LogP contribution in [0.5, 0.6) is 0 Å². The van der Waals surface area contributed by atoms with Crippen LogP contribution in [0.25, 0.3) is 0 Å². The summed E-state index contributed by atoms with van der Waals surface area (Å²) in [6.45, 7) is 4.11. The lowest BCUT2D eigenvalue weighted by atomic mass is 10.1. The standard InChI is InChI=1S/C15H15N3O/c1-3-11(2)18-10-17-9-14(18)15(19)13-6-4-5-12(7-13)8-16/h4-7,9-11H,3H2,1-2H3. The molecule has 2 aromatic rings. The normalized spacial score (nSPS) is 11.8. The third kappa shape index (κ3) is 2.55. The number of imidazole rings is 1. The summed E-state index contributed by atoms with van der Waals surface area (Å²) in [7, 11) is 0. The number of carbonyl (C=O) groups is 1. The summed E-state index contributed by atoms with van der Waals surface area (Å²) in [5.74, 6) is -0.102. The molecule has 1 heterocycles. The third-order valence-electron chi connectivity index (χ3n) is 3.22. The summed E-state index contributed by atoms with van der Waals surface area (Å²) in [6, 6.07) is 8.99. The molecule has 0 N–H and O–H groups in total. The van der Waals surface area contributed by atoms with Gasteiger partial charge in [0, 0.05) is 11.6 Å². The Balaban J connectivity index is 2.39. The van der Waals surface area contributed by atoms with Crippen molar-refractivity contribution in [1.82, 2.24) is 9.55 Å². The lowest BCUT2D eigenvalue weighted by Crippen LogP contribution is -2.12. The van der Waals surface area contributed by atoms with Crippen molar-refractivity contribution in [2.75, 3.05) is 0 Å². The monoisotopic (exact) mass is 253 g/mol. The van der Waals surface area contributed by atoms with E-state index in [0.29, 0.717) is 16.8 Å². The van der Waals surface area contributed by atoms with Crippen LogP contribution in [-0.2, 0) is 0 Å². The highest BCUT2D eigenvalue weighted by molar-refractivity contribution is 6.08. The number of rotatable bonds is 4. The minimum atomic E-state index is -0.102. The number of ketones is 1. The van der Waals surface area contributed by atoms with Gasteiger partial charge in [-0.3, -0.25) is 4.79 Å². The predicted molar refractivity (Wildman–Crippen MR) is 71.8 cm³/mol. The van der Waals surface area contributed by atoms with E-state index in [9.17, 15) is 4.79 Å². The van der Waals surface area contributed by atoms with Crippen molar-refractivity contribution in [3.05, 3.63) is 53.6 Å². The molecule has 0 amide bonds. The van der Waals surface area contributed by atoms with Crippen molar-refractivity contribution in [3.8, 4) is 6.07 Å². The zero-order valence-corrected chi connectivity index (χ0v) is 11.0. The first-order valence-electron chi connectivity index (χ1n) is 6.24. The molecular formula is C15H15N3O. The summed E-state index contributed by atoms with van der Waals surface area (Å²) < 4.78 is 1.88. The summed E-state index contributed by atoms with van der Waals surface area (Å²) in [6.07, 6.45) is 4.18. The molecule has 1 aromatic heterocycles. The Bertz CT molecular complexity index is 637. The fourth-order valence-electron chi connectivity index (χ4n) is 1.91. The van der Waals surface area contributed by atoms with E-state index < -0.39 is 0 Å². The Kier molecular flexibility index (Phi) is 3.76. The number of nitriles is 1. The SMILES string of the molecule is CCC(C)n1cncc1C(=O)c1cccc(C#N)c1. The Morgan fingerprint density at radius 3 is 3.00 bits per heavy atom. The van der Waals surface area contributed by atoms with Gasteiger partial charge in [0.15, 0.2) is 0 Å². The Morgan fingerprint density at radius 1 is 1.53 bits per heavy atom. The molecule has 0 spiro atoms. The van der Waals surface area contributed by atoms with Gasteiger partial charge in [0.2, 0.25) is 5.78 Å². The summed E-state index contributed by atoms with van der Waals surface area (Å²) in [5.41, 5.74) is 1.56. The minimum absolute atomic E-state index is 0.102. The molecule has 1 atom stereocenters. The molecule has 4 heteroatoms. The molecule has 0 aliphatic heterocycles. The van der Waals surface area contributed by atoms with Crippen molar-refractivity contribution in [1.29, 1.82) is 5.26 Å². The van der Waals surface area contributed by atoms with Gasteiger partial charge in [-0.05, 0) is 25.5 Å². The van der Waals surface area contributed by atoms with Crippen LogP contribution in [-0.4, -0.2) is 15.3 Å². The first-order valence-corrected chi connectivity index (χ1v) is 6.24. The second kappa shape index (κ2) is 5.49. The number of nitrogens with zero attached hydrogens (tertiary/aromatic N) is 3. The molecule has 0 bridgehead atoms. The average molecular weight is 253 g/mol. The van der Waals surface area contributed by atoms with Crippen LogP contribution >= 0.6 is 0 Å². The largest absolute Gasteiger partial charge is 0.325 e. The van der Waals surface area contributed by atoms with E-state index in [2.05, 4.69) is 11.9 Å². The van der Waals surface area contributed by atoms with Gasteiger partial charge < -0.3 is 4.57 Å². The van der Waals surface area contributed by atoms with Crippen LogP contribution in [0.2, 0.25) is 0 Å². The maximum atomic E-state index is 12.4. The average Bonchev–Trinajstić information content (AvgIpc) is 2.95. The third-order valence-corrected chi connectivity index (χ3v) is 3.22. The van der Waals surface area contributed by atoms with Gasteiger partial charge in [-0.1, -0.05) is 19.1 Å². The molecule has 0 saturated heterocycles. The Morgan fingerprint density at radius 2 is 2.32 bits per heavy atom. The number of hydrogen-bond acceptors (Lipinski definition) is 3. The quantitative estimate of drug-likeness (QED) is 0.787. The van der Waals surface area contributed by atoms with Gasteiger partial charge in [0.25, 0.3) is 0 Å². The van der Waals surface area contributed by atoms with Crippen molar-refractivity contribution in [3.63, 3.8) is 0 Å². The number of hydrogen-bond donors (Lipinski definition) is 0. The Labute approximate surface area is 112 Å². The topological polar surface area (TPSA) is 58.7 Å². The highest BCUT2D eigenvalue weighted by Crippen LogP contribution is 2.17. The highest BCUT2D eigenvalue weighted by atomic mass is 16.1. The van der Waals surface area contributed by atoms with Crippen LogP contribution in [0.15, 0.2) is 36.8 Å². The summed E-state index contributed by atoms with van der Waals surface area (Å²) >= 11 is 0. The molecule has 1 unspecified atom stereocenters. The van der Waals surface area contributed by atoms with E-state index in [1.807, 2.05) is 17.6 Å². The van der Waals surface area contributed by atoms with Crippen molar-refractivity contribution in [2.45, 2.75) is 26.3 Å². The Hall–Kier alpha value is -2.41. The lowest BCUT2D eigenvalue weighted by molar-refractivity contribution is 0.102. The van der Waals surface area contributed by atoms with Crippen molar-refractivity contribution < 1.29 is 4.79 Å². The molecule has 1 aromatic carbocycles. The maximum absolute atomic E-state index is 12.4. The van der Waals surface area contributed by atoms with Crippen LogP contribution in [0.1, 0.15) is 47.9 Å². The first-order chi connectivity index (χ1) is 9.17. The molecule has 0 saturated carbocycles. The molecule has 96 valence electrons. The van der Waals surface area contributed by atoms with Gasteiger partial charge in [0.05, 0.1) is 24.2 Å². The predicted octanol–water partition coefficient (Wildman–Crippen LogP) is 2.96. The molecule has 0 aliphatic rings. The second-order valence-electron chi connectivity index (χ2n) is 4.47. The van der Waals surface area contributed by atoms with Crippen molar-refractivity contribution >= 4 is 5.78 Å². The van der Waals surface area contributed by atoms with E-state index in [1.54, 1.807) is 36.8 Å². The zero-order chi connectivity index (χ0) is 13.8. The van der Waals surface area contributed by atoms with Crippen LogP contribution < -0.4 is 0 Å². The van der Waals surface area contributed by atoms with Gasteiger partial charge >= 0.3 is 0 Å². The molecule has 0 radical (unpaired) electrons. The van der Waals surface area contributed by atoms with Crippen LogP contribution in [0.3, 0.4) is 0 Å². The van der Waals surface area contributed by atoms with E-state index in [-0.39, 0.29) is 11.8 Å². The lowest BCUT2D eigenvalue weighted by Gasteiger charge is -2.13. The molecule has 2 rings (SSSR count). The van der Waals surface area contributed by atoms with E-state index >= 15 is 0 Å². The number of carbonyl (C=O) groups excluding carboxylic acids is 1. The van der Waals surface area contributed by atoms with Gasteiger partial charge in [-0.2, -0.15) is 5.26 Å². The molecular weight excluding hydrogens is 238 g/mol. The minimum Gasteiger partial charge on any atom is -0.325 e. The zero-order valence-electron chi connectivity index (χ0n) is 11.0. The molecule has 0 fully saturated rings. The number of aromatic nitrogens is 2. The molecule has 4 nitrogen and oxygen atoms in total.